The predicted octanol–water partition coefficient (Wildman–Crippen LogP) is 3.88. The maximum atomic E-state index is 15.4. The fraction of sp³-hybridized carbons (Fsp3) is 0.375. The molecule has 1 fully saturated rings. The summed E-state index contributed by atoms with van der Waals surface area (Å²) in [5, 5.41) is 14.7. The predicted molar refractivity (Wildman–Crippen MR) is 114 cm³/mol. The van der Waals surface area contributed by atoms with E-state index in [9.17, 15) is 9.90 Å². The van der Waals surface area contributed by atoms with E-state index in [1.807, 2.05) is 6.07 Å². The third kappa shape index (κ3) is 3.53. The van der Waals surface area contributed by atoms with Gasteiger partial charge in [0.05, 0.1) is 29.2 Å². The summed E-state index contributed by atoms with van der Waals surface area (Å²) < 4.78 is 17.1. The zero-order chi connectivity index (χ0) is 21.9. The van der Waals surface area contributed by atoms with Crippen LogP contribution in [0.3, 0.4) is 0 Å². The molecule has 3 heterocycles. The highest BCUT2D eigenvalue weighted by Gasteiger charge is 2.33. The van der Waals surface area contributed by atoms with E-state index in [-0.39, 0.29) is 18.3 Å². The standard InChI is InChI=1S/C24H25FN4O2/c1-24(2,31)22-11-21(28(3)27-22)15-9-17(14-6-7-14)18(19(25)10-15)12-29-13-20-16(23(29)30)5-4-8-26-20/h4-5,8-11,14,31H,6-7,12-13H2,1-3H3. The molecule has 0 atom stereocenters. The van der Waals surface area contributed by atoms with Gasteiger partial charge in [0.2, 0.25) is 0 Å². The van der Waals surface area contributed by atoms with Crippen LogP contribution in [0, 0.1) is 5.82 Å². The highest BCUT2D eigenvalue weighted by atomic mass is 19.1. The average Bonchev–Trinajstić information content (AvgIpc) is 3.41. The van der Waals surface area contributed by atoms with Gasteiger partial charge in [0, 0.05) is 30.9 Å². The second kappa shape index (κ2) is 6.99. The molecule has 2 aromatic heterocycles. The minimum absolute atomic E-state index is 0.102. The van der Waals surface area contributed by atoms with Crippen LogP contribution >= 0.6 is 0 Å². The molecule has 3 aromatic rings. The Labute approximate surface area is 180 Å². The molecule has 7 heteroatoms. The van der Waals surface area contributed by atoms with Gasteiger partial charge < -0.3 is 10.0 Å². The van der Waals surface area contributed by atoms with Crippen molar-refractivity contribution in [3.8, 4) is 11.3 Å². The Hall–Kier alpha value is -3.06. The number of pyridine rings is 1. The first kappa shape index (κ1) is 19.9. The molecule has 0 unspecified atom stereocenters. The second-order valence-electron chi connectivity index (χ2n) is 9.06. The Bertz CT molecular complexity index is 1190. The van der Waals surface area contributed by atoms with Crippen LogP contribution in [0.15, 0.2) is 36.5 Å². The van der Waals surface area contributed by atoms with Gasteiger partial charge in [0.25, 0.3) is 5.91 Å². The zero-order valence-electron chi connectivity index (χ0n) is 17.9. The first-order valence-electron chi connectivity index (χ1n) is 10.5. The molecule has 1 amide bonds. The summed E-state index contributed by atoms with van der Waals surface area (Å²) in [6, 6.07) is 8.86. The lowest BCUT2D eigenvalue weighted by molar-refractivity contribution is 0.0731. The van der Waals surface area contributed by atoms with Crippen LogP contribution in [-0.2, 0) is 25.7 Å². The zero-order valence-corrected chi connectivity index (χ0v) is 17.9. The summed E-state index contributed by atoms with van der Waals surface area (Å²) in [6.07, 6.45) is 3.72. The van der Waals surface area contributed by atoms with E-state index in [1.54, 1.807) is 54.9 Å². The van der Waals surface area contributed by atoms with Gasteiger partial charge in [-0.2, -0.15) is 5.10 Å². The third-order valence-electron chi connectivity index (χ3n) is 6.15. The summed E-state index contributed by atoms with van der Waals surface area (Å²) in [5.41, 5.74) is 3.82. The molecule has 0 radical (unpaired) electrons. The number of carbonyl (C=O) groups is 1. The molecule has 0 saturated heterocycles. The first-order valence-corrected chi connectivity index (χ1v) is 10.5. The van der Waals surface area contributed by atoms with Crippen molar-refractivity contribution in [3.05, 3.63) is 70.4 Å². The number of aryl methyl sites for hydroxylation is 1. The number of carbonyl (C=O) groups excluding carboxylic acids is 1. The number of halogens is 1. The smallest absolute Gasteiger partial charge is 0.256 e. The fourth-order valence-electron chi connectivity index (χ4n) is 4.27. The second-order valence-corrected chi connectivity index (χ2v) is 9.06. The van der Waals surface area contributed by atoms with Crippen molar-refractivity contribution < 1.29 is 14.3 Å². The summed E-state index contributed by atoms with van der Waals surface area (Å²) >= 11 is 0. The highest BCUT2D eigenvalue weighted by molar-refractivity contribution is 5.97. The molecule has 0 spiro atoms. The number of nitrogens with zero attached hydrogens (tertiary/aromatic N) is 4. The Morgan fingerprint density at radius 3 is 2.68 bits per heavy atom. The highest BCUT2D eigenvalue weighted by Crippen LogP contribution is 2.44. The summed E-state index contributed by atoms with van der Waals surface area (Å²) in [7, 11) is 1.79. The maximum Gasteiger partial charge on any atom is 0.256 e. The van der Waals surface area contributed by atoms with Crippen LogP contribution in [0.2, 0.25) is 0 Å². The van der Waals surface area contributed by atoms with Gasteiger partial charge in [-0.15, -0.1) is 0 Å². The maximum absolute atomic E-state index is 15.4. The molecule has 1 N–H and O–H groups in total. The molecular formula is C24H25FN4O2. The van der Waals surface area contributed by atoms with Crippen molar-refractivity contribution >= 4 is 5.91 Å². The number of rotatable bonds is 5. The Kier molecular flexibility index (Phi) is 4.48. The summed E-state index contributed by atoms with van der Waals surface area (Å²) in [6.45, 7) is 3.99. The van der Waals surface area contributed by atoms with E-state index in [0.29, 0.717) is 29.3 Å². The minimum Gasteiger partial charge on any atom is -0.384 e. The molecule has 1 aliphatic heterocycles. The molecule has 2 aliphatic rings. The number of amides is 1. The number of hydrogen-bond donors (Lipinski definition) is 1. The lowest BCUT2D eigenvalue weighted by atomic mass is 9.96. The summed E-state index contributed by atoms with van der Waals surface area (Å²) in [5.74, 6) is -0.110. The number of aliphatic hydroxyl groups is 1. The summed E-state index contributed by atoms with van der Waals surface area (Å²) in [4.78, 5) is 18.7. The molecule has 6 nitrogen and oxygen atoms in total. The molecule has 31 heavy (non-hydrogen) atoms. The molecular weight excluding hydrogens is 395 g/mol. The number of hydrogen-bond acceptors (Lipinski definition) is 4. The van der Waals surface area contributed by atoms with Crippen molar-refractivity contribution in [2.24, 2.45) is 7.05 Å². The van der Waals surface area contributed by atoms with Crippen LogP contribution in [0.5, 0.6) is 0 Å². The average molecular weight is 420 g/mol. The normalized spacial score (nSPS) is 16.2. The molecule has 0 bridgehead atoms. The Morgan fingerprint density at radius 1 is 1.26 bits per heavy atom. The van der Waals surface area contributed by atoms with Crippen LogP contribution in [0.25, 0.3) is 11.3 Å². The molecule has 1 saturated carbocycles. The van der Waals surface area contributed by atoms with E-state index in [0.717, 1.165) is 35.4 Å². The van der Waals surface area contributed by atoms with E-state index in [1.165, 1.54) is 6.07 Å². The van der Waals surface area contributed by atoms with Gasteiger partial charge in [-0.25, -0.2) is 4.39 Å². The Balaban J connectivity index is 1.51. The SMILES string of the molecule is Cn1nc(C(C)(C)O)cc1-c1cc(F)c(CN2Cc3ncccc3C2=O)c(C2CC2)c1. The molecule has 1 aliphatic carbocycles. The van der Waals surface area contributed by atoms with E-state index >= 15 is 4.39 Å². The van der Waals surface area contributed by atoms with Crippen LogP contribution in [0.4, 0.5) is 4.39 Å². The largest absolute Gasteiger partial charge is 0.384 e. The van der Waals surface area contributed by atoms with Crippen LogP contribution in [-0.4, -0.2) is 30.7 Å². The monoisotopic (exact) mass is 420 g/mol. The van der Waals surface area contributed by atoms with Gasteiger partial charge in [-0.05, 0) is 68.5 Å². The van der Waals surface area contributed by atoms with Gasteiger partial charge in [0.1, 0.15) is 11.4 Å². The van der Waals surface area contributed by atoms with Gasteiger partial charge in [-0.1, -0.05) is 0 Å². The third-order valence-corrected chi connectivity index (χ3v) is 6.15. The van der Waals surface area contributed by atoms with Crippen molar-refractivity contribution in [2.75, 3.05) is 0 Å². The van der Waals surface area contributed by atoms with Crippen LogP contribution in [0.1, 0.15) is 65.5 Å². The van der Waals surface area contributed by atoms with Crippen molar-refractivity contribution in [1.29, 1.82) is 0 Å². The Morgan fingerprint density at radius 2 is 2.03 bits per heavy atom. The van der Waals surface area contributed by atoms with Gasteiger partial charge in [0.15, 0.2) is 0 Å². The lowest BCUT2D eigenvalue weighted by Crippen LogP contribution is -2.24. The first-order chi connectivity index (χ1) is 14.7. The van der Waals surface area contributed by atoms with Crippen molar-refractivity contribution in [1.82, 2.24) is 19.7 Å². The topological polar surface area (TPSA) is 71.2 Å². The van der Waals surface area contributed by atoms with Crippen molar-refractivity contribution in [3.63, 3.8) is 0 Å². The molecule has 1 aromatic carbocycles. The number of benzene rings is 1. The van der Waals surface area contributed by atoms with Gasteiger partial charge >= 0.3 is 0 Å². The van der Waals surface area contributed by atoms with E-state index in [4.69, 9.17) is 0 Å². The van der Waals surface area contributed by atoms with Crippen LogP contribution < -0.4 is 0 Å². The number of fused-ring (bicyclic) bond motifs is 1. The lowest BCUT2D eigenvalue weighted by Gasteiger charge is -2.20. The fourth-order valence-corrected chi connectivity index (χ4v) is 4.27. The van der Waals surface area contributed by atoms with Crippen molar-refractivity contribution in [2.45, 2.75) is 51.3 Å². The van der Waals surface area contributed by atoms with E-state index < -0.39 is 5.60 Å². The van der Waals surface area contributed by atoms with Gasteiger partial charge in [-0.3, -0.25) is 14.5 Å². The molecule has 160 valence electrons. The van der Waals surface area contributed by atoms with E-state index in [2.05, 4.69) is 10.1 Å². The molecule has 5 rings (SSSR count). The minimum atomic E-state index is -1.08. The quantitative estimate of drug-likeness (QED) is 0.680. The number of aromatic nitrogens is 3.